The second-order valence-corrected chi connectivity index (χ2v) is 6.33. The second kappa shape index (κ2) is 6.41. The summed E-state index contributed by atoms with van der Waals surface area (Å²) in [7, 11) is 0. The van der Waals surface area contributed by atoms with Gasteiger partial charge in [0.25, 0.3) is 0 Å². The van der Waals surface area contributed by atoms with E-state index in [1.165, 1.54) is 15.4 Å². The Hall–Kier alpha value is -0.770. The van der Waals surface area contributed by atoms with Crippen molar-refractivity contribution in [1.29, 1.82) is 0 Å². The van der Waals surface area contributed by atoms with Crippen molar-refractivity contribution in [2.75, 3.05) is 0 Å². The third-order valence-electron chi connectivity index (χ3n) is 2.52. The smallest absolute Gasteiger partial charge is 0.0317 e. The molecule has 1 unspecified atom stereocenters. The van der Waals surface area contributed by atoms with E-state index in [0.29, 0.717) is 0 Å². The number of rotatable bonds is 4. The van der Waals surface area contributed by atoms with Crippen LogP contribution in [0.2, 0.25) is 0 Å². The summed E-state index contributed by atoms with van der Waals surface area (Å²) in [5, 5.41) is 0. The van der Waals surface area contributed by atoms with Crippen molar-refractivity contribution in [2.45, 2.75) is 29.2 Å². The Balaban J connectivity index is 2.15. The van der Waals surface area contributed by atoms with Crippen LogP contribution in [0.1, 0.15) is 12.5 Å². The zero-order chi connectivity index (χ0) is 13.0. The van der Waals surface area contributed by atoms with Crippen molar-refractivity contribution in [2.24, 2.45) is 5.73 Å². The van der Waals surface area contributed by atoms with Gasteiger partial charge in [-0.25, -0.2) is 0 Å². The van der Waals surface area contributed by atoms with Crippen LogP contribution in [-0.2, 0) is 6.42 Å². The van der Waals surface area contributed by atoms with Gasteiger partial charge in [0.2, 0.25) is 0 Å². The first kappa shape index (κ1) is 13.7. The fraction of sp³-hybridized carbons (Fsp3) is 0.200. The SMILES string of the molecule is CC(N)Cc1ccc(Sc2ccccc2)c(Br)c1. The molecule has 0 saturated heterocycles. The molecular formula is C15H16BrNS. The van der Waals surface area contributed by atoms with E-state index in [-0.39, 0.29) is 6.04 Å². The van der Waals surface area contributed by atoms with Crippen molar-refractivity contribution in [1.82, 2.24) is 0 Å². The van der Waals surface area contributed by atoms with Crippen LogP contribution in [-0.4, -0.2) is 6.04 Å². The van der Waals surface area contributed by atoms with Gasteiger partial charge in [0, 0.05) is 20.3 Å². The highest BCUT2D eigenvalue weighted by atomic mass is 79.9. The fourth-order valence-electron chi connectivity index (χ4n) is 1.74. The summed E-state index contributed by atoms with van der Waals surface area (Å²) in [5.74, 6) is 0. The fourth-order valence-corrected chi connectivity index (χ4v) is 3.25. The van der Waals surface area contributed by atoms with Gasteiger partial charge < -0.3 is 5.73 Å². The normalized spacial score (nSPS) is 12.4. The predicted molar refractivity (Wildman–Crippen MR) is 82.1 cm³/mol. The molecule has 2 aromatic carbocycles. The van der Waals surface area contributed by atoms with Gasteiger partial charge in [-0.1, -0.05) is 36.0 Å². The summed E-state index contributed by atoms with van der Waals surface area (Å²) < 4.78 is 1.13. The van der Waals surface area contributed by atoms with E-state index in [0.717, 1.165) is 10.9 Å². The number of hydrogen-bond donors (Lipinski definition) is 1. The molecule has 94 valence electrons. The van der Waals surface area contributed by atoms with E-state index in [4.69, 9.17) is 5.73 Å². The van der Waals surface area contributed by atoms with Crippen molar-refractivity contribution < 1.29 is 0 Å². The van der Waals surface area contributed by atoms with Crippen LogP contribution in [0, 0.1) is 0 Å². The summed E-state index contributed by atoms with van der Waals surface area (Å²) in [6.07, 6.45) is 0.912. The Bertz CT molecular complexity index is 511. The lowest BCUT2D eigenvalue weighted by Crippen LogP contribution is -2.17. The number of halogens is 1. The van der Waals surface area contributed by atoms with Crippen molar-refractivity contribution in [3.05, 3.63) is 58.6 Å². The summed E-state index contributed by atoms with van der Waals surface area (Å²) in [6, 6.07) is 17.0. The van der Waals surface area contributed by atoms with Crippen LogP contribution >= 0.6 is 27.7 Å². The molecule has 18 heavy (non-hydrogen) atoms. The molecule has 0 amide bonds. The molecule has 1 nitrogen and oxygen atoms in total. The molecule has 0 radical (unpaired) electrons. The lowest BCUT2D eigenvalue weighted by molar-refractivity contribution is 0.737. The molecule has 0 saturated carbocycles. The minimum Gasteiger partial charge on any atom is -0.328 e. The maximum Gasteiger partial charge on any atom is 0.0317 e. The summed E-state index contributed by atoms with van der Waals surface area (Å²) in [5.41, 5.74) is 7.09. The van der Waals surface area contributed by atoms with Crippen LogP contribution in [0.4, 0.5) is 0 Å². The molecule has 1 atom stereocenters. The van der Waals surface area contributed by atoms with Crippen molar-refractivity contribution in [3.8, 4) is 0 Å². The van der Waals surface area contributed by atoms with Gasteiger partial charge in [-0.05, 0) is 59.1 Å². The van der Waals surface area contributed by atoms with Crippen LogP contribution in [0.5, 0.6) is 0 Å². The average molecular weight is 322 g/mol. The standard InChI is InChI=1S/C15H16BrNS/c1-11(17)9-12-7-8-15(14(16)10-12)18-13-5-3-2-4-6-13/h2-8,10-11H,9,17H2,1H3. The number of benzene rings is 2. The van der Waals surface area contributed by atoms with Gasteiger partial charge in [0.15, 0.2) is 0 Å². The maximum absolute atomic E-state index is 5.82. The van der Waals surface area contributed by atoms with Gasteiger partial charge >= 0.3 is 0 Å². The molecule has 2 N–H and O–H groups in total. The molecule has 0 bridgehead atoms. The molecule has 2 rings (SSSR count). The Morgan fingerprint density at radius 2 is 1.89 bits per heavy atom. The van der Waals surface area contributed by atoms with E-state index < -0.39 is 0 Å². The minimum absolute atomic E-state index is 0.199. The third-order valence-corrected chi connectivity index (χ3v) is 4.53. The molecule has 0 heterocycles. The second-order valence-electron chi connectivity index (χ2n) is 4.36. The molecule has 0 aliphatic rings. The molecule has 0 aromatic heterocycles. The van der Waals surface area contributed by atoms with Gasteiger partial charge in [-0.2, -0.15) is 0 Å². The summed E-state index contributed by atoms with van der Waals surface area (Å²) >= 11 is 5.40. The quantitative estimate of drug-likeness (QED) is 0.897. The summed E-state index contributed by atoms with van der Waals surface area (Å²) in [4.78, 5) is 2.48. The van der Waals surface area contributed by atoms with Crippen LogP contribution in [0.25, 0.3) is 0 Å². The van der Waals surface area contributed by atoms with Crippen molar-refractivity contribution in [3.63, 3.8) is 0 Å². The Kier molecular flexibility index (Phi) is 4.87. The minimum atomic E-state index is 0.199. The van der Waals surface area contributed by atoms with E-state index in [1.54, 1.807) is 11.8 Å². The zero-order valence-electron chi connectivity index (χ0n) is 10.3. The topological polar surface area (TPSA) is 26.0 Å². The summed E-state index contributed by atoms with van der Waals surface area (Å²) in [6.45, 7) is 2.03. The third kappa shape index (κ3) is 3.87. The van der Waals surface area contributed by atoms with E-state index in [2.05, 4.69) is 58.4 Å². The van der Waals surface area contributed by atoms with E-state index >= 15 is 0 Å². The van der Waals surface area contributed by atoms with Gasteiger partial charge in [0.05, 0.1) is 0 Å². The van der Waals surface area contributed by atoms with E-state index in [1.807, 2.05) is 13.0 Å². The van der Waals surface area contributed by atoms with Crippen LogP contribution < -0.4 is 5.73 Å². The molecule has 0 aliphatic heterocycles. The number of hydrogen-bond acceptors (Lipinski definition) is 2. The zero-order valence-corrected chi connectivity index (χ0v) is 12.7. The van der Waals surface area contributed by atoms with Gasteiger partial charge in [-0.15, -0.1) is 0 Å². The Labute approximate surface area is 121 Å². The molecule has 0 spiro atoms. The first-order valence-corrected chi connectivity index (χ1v) is 7.53. The predicted octanol–water partition coefficient (Wildman–Crippen LogP) is 4.49. The molecule has 0 fully saturated rings. The first-order valence-electron chi connectivity index (χ1n) is 5.92. The van der Waals surface area contributed by atoms with Gasteiger partial charge in [0.1, 0.15) is 0 Å². The monoisotopic (exact) mass is 321 g/mol. The van der Waals surface area contributed by atoms with E-state index in [9.17, 15) is 0 Å². The van der Waals surface area contributed by atoms with Crippen molar-refractivity contribution >= 4 is 27.7 Å². The highest BCUT2D eigenvalue weighted by Crippen LogP contribution is 2.33. The lowest BCUT2D eigenvalue weighted by atomic mass is 10.1. The Morgan fingerprint density at radius 1 is 1.17 bits per heavy atom. The van der Waals surface area contributed by atoms with Crippen LogP contribution in [0.3, 0.4) is 0 Å². The molecule has 2 aromatic rings. The molecular weight excluding hydrogens is 306 g/mol. The molecule has 0 aliphatic carbocycles. The molecule has 3 heteroatoms. The lowest BCUT2D eigenvalue weighted by Gasteiger charge is -2.09. The van der Waals surface area contributed by atoms with Gasteiger partial charge in [-0.3, -0.25) is 0 Å². The average Bonchev–Trinajstić information content (AvgIpc) is 2.33. The first-order chi connectivity index (χ1) is 8.65. The highest BCUT2D eigenvalue weighted by molar-refractivity contribution is 9.10. The Morgan fingerprint density at radius 3 is 2.50 bits per heavy atom. The highest BCUT2D eigenvalue weighted by Gasteiger charge is 2.05. The van der Waals surface area contributed by atoms with Crippen LogP contribution in [0.15, 0.2) is 62.8 Å². The number of nitrogens with two attached hydrogens (primary N) is 1. The largest absolute Gasteiger partial charge is 0.328 e. The maximum atomic E-state index is 5.82.